The SMILES string of the molecule is O=C(Cc1ccc(-c2ccccc2)cc1)NCc1ccc(C(=O)c2cccs2)s1. The summed E-state index contributed by atoms with van der Waals surface area (Å²) in [6.45, 7) is 0.434. The number of hydrogen-bond donors (Lipinski definition) is 1. The highest BCUT2D eigenvalue weighted by atomic mass is 32.1. The van der Waals surface area contributed by atoms with Crippen molar-refractivity contribution in [1.82, 2.24) is 5.32 Å². The van der Waals surface area contributed by atoms with E-state index in [-0.39, 0.29) is 11.7 Å². The second-order valence-electron chi connectivity index (χ2n) is 6.59. The van der Waals surface area contributed by atoms with E-state index in [1.165, 1.54) is 22.7 Å². The summed E-state index contributed by atoms with van der Waals surface area (Å²) in [6.07, 6.45) is 0.335. The maximum absolute atomic E-state index is 12.4. The summed E-state index contributed by atoms with van der Waals surface area (Å²) in [6, 6.07) is 25.7. The van der Waals surface area contributed by atoms with Gasteiger partial charge in [-0.25, -0.2) is 0 Å². The van der Waals surface area contributed by atoms with Crippen LogP contribution >= 0.6 is 22.7 Å². The van der Waals surface area contributed by atoms with Gasteiger partial charge in [-0.3, -0.25) is 9.59 Å². The molecule has 0 aliphatic rings. The monoisotopic (exact) mass is 417 g/mol. The number of ketones is 1. The maximum Gasteiger partial charge on any atom is 0.224 e. The molecule has 1 N–H and O–H groups in total. The lowest BCUT2D eigenvalue weighted by Crippen LogP contribution is -2.24. The molecule has 0 radical (unpaired) electrons. The van der Waals surface area contributed by atoms with Crippen LogP contribution in [-0.2, 0) is 17.8 Å². The number of benzene rings is 2. The van der Waals surface area contributed by atoms with E-state index in [1.54, 1.807) is 0 Å². The quantitative estimate of drug-likeness (QED) is 0.400. The van der Waals surface area contributed by atoms with Gasteiger partial charge in [-0.15, -0.1) is 22.7 Å². The maximum atomic E-state index is 12.4. The van der Waals surface area contributed by atoms with E-state index in [0.717, 1.165) is 26.4 Å². The first-order valence-electron chi connectivity index (χ1n) is 9.27. The molecule has 2 aromatic carbocycles. The zero-order chi connectivity index (χ0) is 20.1. The molecule has 0 spiro atoms. The van der Waals surface area contributed by atoms with Crippen LogP contribution in [0, 0.1) is 0 Å². The van der Waals surface area contributed by atoms with Crippen LogP contribution < -0.4 is 5.32 Å². The van der Waals surface area contributed by atoms with Crippen molar-refractivity contribution in [3.8, 4) is 11.1 Å². The topological polar surface area (TPSA) is 46.2 Å². The Hall–Kier alpha value is -3.02. The Morgan fingerprint density at radius 3 is 2.24 bits per heavy atom. The molecule has 0 saturated carbocycles. The zero-order valence-electron chi connectivity index (χ0n) is 15.6. The fraction of sp³-hybridized carbons (Fsp3) is 0.0833. The number of nitrogens with one attached hydrogen (secondary N) is 1. The van der Waals surface area contributed by atoms with Crippen molar-refractivity contribution >= 4 is 34.4 Å². The summed E-state index contributed by atoms with van der Waals surface area (Å²) in [5, 5.41) is 4.84. The molecule has 1 amide bonds. The van der Waals surface area contributed by atoms with Gasteiger partial charge in [0, 0.05) is 4.88 Å². The number of hydrogen-bond acceptors (Lipinski definition) is 4. The molecule has 3 nitrogen and oxygen atoms in total. The zero-order valence-corrected chi connectivity index (χ0v) is 17.3. The van der Waals surface area contributed by atoms with Gasteiger partial charge in [0.15, 0.2) is 0 Å². The first kappa shape index (κ1) is 19.3. The van der Waals surface area contributed by atoms with E-state index in [0.29, 0.717) is 17.8 Å². The Balaban J connectivity index is 1.31. The molecular weight excluding hydrogens is 398 g/mol. The molecule has 29 heavy (non-hydrogen) atoms. The minimum atomic E-state index is -0.0306. The second kappa shape index (κ2) is 8.99. The Labute approximate surface area is 177 Å². The molecular formula is C24H19NO2S2. The molecule has 0 fully saturated rings. The fourth-order valence-electron chi connectivity index (χ4n) is 3.00. The van der Waals surface area contributed by atoms with Crippen LogP contribution in [0.15, 0.2) is 84.2 Å². The molecule has 0 aliphatic heterocycles. The van der Waals surface area contributed by atoms with Crippen LogP contribution in [0.4, 0.5) is 0 Å². The van der Waals surface area contributed by atoms with E-state index < -0.39 is 0 Å². The number of rotatable bonds is 7. The highest BCUT2D eigenvalue weighted by molar-refractivity contribution is 7.16. The van der Waals surface area contributed by atoms with Gasteiger partial charge in [0.25, 0.3) is 0 Å². The lowest BCUT2D eigenvalue weighted by molar-refractivity contribution is -0.120. The molecule has 4 aromatic rings. The number of amides is 1. The smallest absolute Gasteiger partial charge is 0.224 e. The third kappa shape index (κ3) is 4.88. The molecule has 0 bridgehead atoms. The van der Waals surface area contributed by atoms with Gasteiger partial charge in [-0.2, -0.15) is 0 Å². The molecule has 2 heterocycles. The van der Waals surface area contributed by atoms with E-state index in [2.05, 4.69) is 17.4 Å². The average Bonchev–Trinajstić information content (AvgIpc) is 3.45. The predicted octanol–water partition coefficient (Wildman–Crippen LogP) is 5.57. The lowest BCUT2D eigenvalue weighted by atomic mass is 10.0. The summed E-state index contributed by atoms with van der Waals surface area (Å²) >= 11 is 2.87. The van der Waals surface area contributed by atoms with Crippen molar-refractivity contribution in [3.05, 3.63) is 104 Å². The van der Waals surface area contributed by atoms with Crippen LogP contribution in [-0.4, -0.2) is 11.7 Å². The van der Waals surface area contributed by atoms with Gasteiger partial charge in [0.2, 0.25) is 11.7 Å². The van der Waals surface area contributed by atoms with Crippen molar-refractivity contribution in [2.24, 2.45) is 0 Å². The van der Waals surface area contributed by atoms with Gasteiger partial charge in [0.1, 0.15) is 0 Å². The van der Waals surface area contributed by atoms with Crippen molar-refractivity contribution in [1.29, 1.82) is 0 Å². The molecule has 0 saturated heterocycles. The average molecular weight is 418 g/mol. The normalized spacial score (nSPS) is 10.6. The summed E-state index contributed by atoms with van der Waals surface area (Å²) in [5.74, 6) is 0.0121. The van der Waals surface area contributed by atoms with Crippen molar-refractivity contribution in [2.75, 3.05) is 0 Å². The Kier molecular flexibility index (Phi) is 5.98. The predicted molar refractivity (Wildman–Crippen MR) is 119 cm³/mol. The Morgan fingerprint density at radius 2 is 1.52 bits per heavy atom. The van der Waals surface area contributed by atoms with Crippen molar-refractivity contribution < 1.29 is 9.59 Å². The van der Waals surface area contributed by atoms with Gasteiger partial charge < -0.3 is 5.32 Å². The van der Waals surface area contributed by atoms with Crippen LogP contribution in [0.25, 0.3) is 11.1 Å². The molecule has 0 unspecified atom stereocenters. The summed E-state index contributed by atoms with van der Waals surface area (Å²) in [4.78, 5) is 27.1. The van der Waals surface area contributed by atoms with E-state index in [9.17, 15) is 9.59 Å². The first-order chi connectivity index (χ1) is 14.2. The lowest BCUT2D eigenvalue weighted by Gasteiger charge is -2.06. The van der Waals surface area contributed by atoms with Crippen LogP contribution in [0.1, 0.15) is 25.0 Å². The molecule has 5 heteroatoms. The largest absolute Gasteiger partial charge is 0.351 e. The highest BCUT2D eigenvalue weighted by Gasteiger charge is 2.13. The van der Waals surface area contributed by atoms with Crippen molar-refractivity contribution in [2.45, 2.75) is 13.0 Å². The molecule has 0 atom stereocenters. The summed E-state index contributed by atoms with van der Waals surface area (Å²) < 4.78 is 0. The Bertz CT molecular complexity index is 1100. The minimum absolute atomic E-state index is 0.0306. The van der Waals surface area contributed by atoms with Crippen molar-refractivity contribution in [3.63, 3.8) is 0 Å². The number of carbonyl (C=O) groups excluding carboxylic acids is 2. The number of thiophene rings is 2. The summed E-state index contributed by atoms with van der Waals surface area (Å²) in [5.41, 5.74) is 3.27. The van der Waals surface area contributed by atoms with Crippen LogP contribution in [0.5, 0.6) is 0 Å². The second-order valence-corrected chi connectivity index (χ2v) is 8.70. The number of carbonyl (C=O) groups is 2. The van der Waals surface area contributed by atoms with E-state index >= 15 is 0 Å². The third-order valence-corrected chi connectivity index (χ3v) is 6.47. The van der Waals surface area contributed by atoms with Gasteiger partial charge in [0.05, 0.1) is 22.7 Å². The molecule has 4 rings (SSSR count). The van der Waals surface area contributed by atoms with E-state index in [1.807, 2.05) is 72.1 Å². The summed E-state index contributed by atoms with van der Waals surface area (Å²) in [7, 11) is 0. The van der Waals surface area contributed by atoms with Crippen LogP contribution in [0.2, 0.25) is 0 Å². The fourth-order valence-corrected chi connectivity index (χ4v) is 4.65. The molecule has 144 valence electrons. The van der Waals surface area contributed by atoms with E-state index in [4.69, 9.17) is 0 Å². The molecule has 0 aliphatic carbocycles. The minimum Gasteiger partial charge on any atom is -0.351 e. The standard InChI is InChI=1S/C24H19NO2S2/c26-23(15-17-8-10-19(11-9-17)18-5-2-1-3-6-18)25-16-20-12-13-22(29-20)24(27)21-7-4-14-28-21/h1-14H,15-16H2,(H,25,26). The molecule has 2 aromatic heterocycles. The third-order valence-electron chi connectivity index (χ3n) is 4.52. The van der Waals surface area contributed by atoms with Gasteiger partial charge >= 0.3 is 0 Å². The van der Waals surface area contributed by atoms with Gasteiger partial charge in [-0.05, 0) is 40.3 Å². The highest BCUT2D eigenvalue weighted by Crippen LogP contribution is 2.22. The Morgan fingerprint density at radius 1 is 0.759 bits per heavy atom. The van der Waals surface area contributed by atoms with Crippen LogP contribution in [0.3, 0.4) is 0 Å². The first-order valence-corrected chi connectivity index (χ1v) is 11.0. The van der Waals surface area contributed by atoms with Gasteiger partial charge in [-0.1, -0.05) is 60.7 Å².